The van der Waals surface area contributed by atoms with Crippen molar-refractivity contribution in [1.29, 1.82) is 0 Å². The van der Waals surface area contributed by atoms with Crippen LogP contribution in [0.2, 0.25) is 0 Å². The SMILES string of the molecule is CC1CN(CC2(CNC(C)(C)C)CCCC2)CC(CO)O1. The molecule has 0 radical (unpaired) electrons. The summed E-state index contributed by atoms with van der Waals surface area (Å²) in [7, 11) is 0. The molecule has 4 nitrogen and oxygen atoms in total. The highest BCUT2D eigenvalue weighted by molar-refractivity contribution is 4.92. The van der Waals surface area contributed by atoms with Crippen molar-refractivity contribution in [2.75, 3.05) is 32.8 Å². The van der Waals surface area contributed by atoms with Crippen molar-refractivity contribution >= 4 is 0 Å². The van der Waals surface area contributed by atoms with Crippen LogP contribution >= 0.6 is 0 Å². The summed E-state index contributed by atoms with van der Waals surface area (Å²) in [5.74, 6) is 0. The van der Waals surface area contributed by atoms with E-state index in [2.05, 4.69) is 37.9 Å². The fraction of sp³-hybridized carbons (Fsp3) is 1.00. The molecule has 1 heterocycles. The minimum atomic E-state index is -0.0113. The van der Waals surface area contributed by atoms with E-state index in [0.29, 0.717) is 5.41 Å². The fourth-order valence-electron chi connectivity index (χ4n) is 3.81. The van der Waals surface area contributed by atoms with Gasteiger partial charge in [-0.15, -0.1) is 0 Å². The zero-order valence-electron chi connectivity index (χ0n) is 14.3. The molecule has 2 fully saturated rings. The van der Waals surface area contributed by atoms with Crippen LogP contribution in [0, 0.1) is 5.41 Å². The van der Waals surface area contributed by atoms with Gasteiger partial charge in [-0.1, -0.05) is 12.8 Å². The van der Waals surface area contributed by atoms with Gasteiger partial charge in [-0.3, -0.25) is 4.90 Å². The minimum absolute atomic E-state index is 0.0113. The molecular formula is C17H34N2O2. The highest BCUT2D eigenvalue weighted by atomic mass is 16.5. The normalized spacial score (nSPS) is 30.7. The summed E-state index contributed by atoms with van der Waals surface area (Å²) in [6.07, 6.45) is 5.58. The summed E-state index contributed by atoms with van der Waals surface area (Å²) in [4.78, 5) is 2.52. The van der Waals surface area contributed by atoms with Crippen LogP contribution in [0.4, 0.5) is 0 Å². The number of hydrogen-bond donors (Lipinski definition) is 2. The molecule has 0 amide bonds. The van der Waals surface area contributed by atoms with E-state index in [1.165, 1.54) is 25.7 Å². The first-order valence-electron chi connectivity index (χ1n) is 8.56. The third-order valence-electron chi connectivity index (χ3n) is 4.82. The van der Waals surface area contributed by atoms with Crippen LogP contribution in [0.1, 0.15) is 53.4 Å². The molecule has 2 unspecified atom stereocenters. The standard InChI is InChI=1S/C17H34N2O2/c1-14-9-19(10-15(11-20)21-14)13-17(7-5-6-8-17)12-18-16(2,3)4/h14-15,18,20H,5-13H2,1-4H3. The van der Waals surface area contributed by atoms with Gasteiger partial charge in [-0.05, 0) is 46.0 Å². The molecule has 0 spiro atoms. The molecule has 4 heteroatoms. The van der Waals surface area contributed by atoms with E-state index in [9.17, 15) is 5.11 Å². The third-order valence-corrected chi connectivity index (χ3v) is 4.82. The highest BCUT2D eigenvalue weighted by Crippen LogP contribution is 2.39. The topological polar surface area (TPSA) is 44.7 Å². The first kappa shape index (κ1) is 17.2. The summed E-state index contributed by atoms with van der Waals surface area (Å²) in [5, 5.41) is 13.1. The Kier molecular flexibility index (Phi) is 5.69. The van der Waals surface area contributed by atoms with E-state index < -0.39 is 0 Å². The van der Waals surface area contributed by atoms with Gasteiger partial charge in [0.25, 0.3) is 0 Å². The van der Waals surface area contributed by atoms with E-state index in [1.807, 2.05) is 0 Å². The molecule has 2 rings (SSSR count). The second-order valence-electron chi connectivity index (χ2n) is 8.26. The number of aliphatic hydroxyl groups excluding tert-OH is 1. The molecule has 2 aliphatic rings. The van der Waals surface area contributed by atoms with Gasteiger partial charge in [0.1, 0.15) is 0 Å². The molecule has 1 aliphatic carbocycles. The number of nitrogens with one attached hydrogen (secondary N) is 1. The van der Waals surface area contributed by atoms with Gasteiger partial charge < -0.3 is 15.2 Å². The molecule has 0 aromatic carbocycles. The second kappa shape index (κ2) is 6.95. The number of rotatable bonds is 5. The minimum Gasteiger partial charge on any atom is -0.394 e. The molecule has 0 bridgehead atoms. The molecule has 1 saturated heterocycles. The van der Waals surface area contributed by atoms with Crippen LogP contribution in [0.15, 0.2) is 0 Å². The first-order chi connectivity index (χ1) is 9.82. The Morgan fingerprint density at radius 3 is 2.48 bits per heavy atom. The lowest BCUT2D eigenvalue weighted by molar-refractivity contribution is -0.103. The van der Waals surface area contributed by atoms with Crippen LogP contribution in [0.5, 0.6) is 0 Å². The summed E-state index contributed by atoms with van der Waals surface area (Å²) in [5.41, 5.74) is 0.589. The average molecular weight is 298 g/mol. The molecular weight excluding hydrogens is 264 g/mol. The van der Waals surface area contributed by atoms with Crippen molar-refractivity contribution in [3.8, 4) is 0 Å². The summed E-state index contributed by atoms with van der Waals surface area (Å²) in [6.45, 7) is 13.1. The van der Waals surface area contributed by atoms with E-state index >= 15 is 0 Å². The Labute approximate surface area is 130 Å². The maximum Gasteiger partial charge on any atom is 0.0936 e. The monoisotopic (exact) mass is 298 g/mol. The van der Waals surface area contributed by atoms with E-state index in [4.69, 9.17) is 4.74 Å². The van der Waals surface area contributed by atoms with Crippen molar-refractivity contribution in [1.82, 2.24) is 10.2 Å². The Balaban J connectivity index is 1.95. The van der Waals surface area contributed by atoms with E-state index in [0.717, 1.165) is 26.2 Å². The van der Waals surface area contributed by atoms with Crippen LogP contribution < -0.4 is 5.32 Å². The molecule has 0 aromatic heterocycles. The maximum absolute atomic E-state index is 9.40. The summed E-state index contributed by atoms with van der Waals surface area (Å²) < 4.78 is 5.77. The average Bonchev–Trinajstić information content (AvgIpc) is 2.84. The van der Waals surface area contributed by atoms with Crippen LogP contribution in [0.25, 0.3) is 0 Å². The van der Waals surface area contributed by atoms with Gasteiger partial charge in [-0.25, -0.2) is 0 Å². The maximum atomic E-state index is 9.40. The van der Waals surface area contributed by atoms with Gasteiger partial charge in [0.2, 0.25) is 0 Å². The second-order valence-corrected chi connectivity index (χ2v) is 8.26. The van der Waals surface area contributed by atoms with Gasteiger partial charge in [-0.2, -0.15) is 0 Å². The molecule has 2 atom stereocenters. The van der Waals surface area contributed by atoms with Gasteiger partial charge in [0, 0.05) is 31.7 Å². The van der Waals surface area contributed by atoms with Crippen LogP contribution in [-0.2, 0) is 4.74 Å². The molecule has 21 heavy (non-hydrogen) atoms. The van der Waals surface area contributed by atoms with Crippen molar-refractivity contribution in [3.63, 3.8) is 0 Å². The predicted octanol–water partition coefficient (Wildman–Crippen LogP) is 2.02. The molecule has 124 valence electrons. The van der Waals surface area contributed by atoms with Gasteiger partial charge >= 0.3 is 0 Å². The van der Waals surface area contributed by atoms with Crippen LogP contribution in [0.3, 0.4) is 0 Å². The molecule has 0 aromatic rings. The van der Waals surface area contributed by atoms with Crippen LogP contribution in [-0.4, -0.2) is 60.5 Å². The number of ether oxygens (including phenoxy) is 1. The lowest BCUT2D eigenvalue weighted by atomic mass is 9.84. The highest BCUT2D eigenvalue weighted by Gasteiger charge is 2.38. The van der Waals surface area contributed by atoms with Crippen molar-refractivity contribution < 1.29 is 9.84 Å². The largest absolute Gasteiger partial charge is 0.394 e. The Morgan fingerprint density at radius 2 is 1.90 bits per heavy atom. The Morgan fingerprint density at radius 1 is 1.24 bits per heavy atom. The number of aliphatic hydroxyl groups is 1. The zero-order chi connectivity index (χ0) is 15.5. The zero-order valence-corrected chi connectivity index (χ0v) is 14.3. The van der Waals surface area contributed by atoms with E-state index in [1.54, 1.807) is 0 Å². The smallest absolute Gasteiger partial charge is 0.0936 e. The summed E-state index contributed by atoms with van der Waals surface area (Å²) >= 11 is 0. The van der Waals surface area contributed by atoms with Gasteiger partial charge in [0.05, 0.1) is 18.8 Å². The summed E-state index contributed by atoms with van der Waals surface area (Å²) in [6, 6.07) is 0. The number of hydrogen-bond acceptors (Lipinski definition) is 4. The van der Waals surface area contributed by atoms with E-state index in [-0.39, 0.29) is 24.4 Å². The van der Waals surface area contributed by atoms with Crippen molar-refractivity contribution in [2.45, 2.75) is 71.1 Å². The fourth-order valence-corrected chi connectivity index (χ4v) is 3.81. The lowest BCUT2D eigenvalue weighted by Gasteiger charge is -2.42. The third kappa shape index (κ3) is 5.20. The Bertz CT molecular complexity index is 321. The Hall–Kier alpha value is -0.160. The molecule has 2 N–H and O–H groups in total. The van der Waals surface area contributed by atoms with Crippen molar-refractivity contribution in [2.24, 2.45) is 5.41 Å². The van der Waals surface area contributed by atoms with Crippen molar-refractivity contribution in [3.05, 3.63) is 0 Å². The number of morpholine rings is 1. The molecule has 1 saturated carbocycles. The van der Waals surface area contributed by atoms with Gasteiger partial charge in [0.15, 0.2) is 0 Å². The lowest BCUT2D eigenvalue weighted by Crippen LogP contribution is -2.53. The quantitative estimate of drug-likeness (QED) is 0.815. The number of nitrogens with zero attached hydrogens (tertiary/aromatic N) is 1. The predicted molar refractivity (Wildman–Crippen MR) is 86.5 cm³/mol. The molecule has 1 aliphatic heterocycles. The first-order valence-corrected chi connectivity index (χ1v) is 8.56.